The average Bonchev–Trinajstić information content (AvgIpc) is 2.00. The molecule has 13 heavy (non-hydrogen) atoms. The van der Waals surface area contributed by atoms with Gasteiger partial charge in [-0.05, 0) is 39.2 Å². The monoisotopic (exact) mass is 186 g/mol. The van der Waals surface area contributed by atoms with Crippen molar-refractivity contribution < 1.29 is 4.74 Å². The lowest BCUT2D eigenvalue weighted by molar-refractivity contribution is 0.0175. The second kappa shape index (κ2) is 5.58. The molecule has 1 atom stereocenters. The Kier molecular flexibility index (Phi) is 4.70. The SMILES string of the molecule is COC1CC(NCCCC(C)N)C1. The number of nitrogens with one attached hydrogen (secondary N) is 1. The van der Waals surface area contributed by atoms with Crippen LogP contribution in [0.25, 0.3) is 0 Å². The van der Waals surface area contributed by atoms with E-state index in [0.717, 1.165) is 13.0 Å². The third-order valence-corrected chi connectivity index (χ3v) is 2.70. The van der Waals surface area contributed by atoms with Gasteiger partial charge in [0.15, 0.2) is 0 Å². The van der Waals surface area contributed by atoms with Crippen LogP contribution in [0.5, 0.6) is 0 Å². The number of methoxy groups -OCH3 is 1. The summed E-state index contributed by atoms with van der Waals surface area (Å²) < 4.78 is 5.20. The van der Waals surface area contributed by atoms with Crippen LogP contribution in [0.4, 0.5) is 0 Å². The summed E-state index contributed by atoms with van der Waals surface area (Å²) in [6.07, 6.45) is 5.16. The molecular weight excluding hydrogens is 164 g/mol. The van der Waals surface area contributed by atoms with Crippen molar-refractivity contribution in [1.29, 1.82) is 0 Å². The first kappa shape index (κ1) is 11.0. The third kappa shape index (κ3) is 4.07. The zero-order valence-corrected chi connectivity index (χ0v) is 8.75. The van der Waals surface area contributed by atoms with E-state index in [2.05, 4.69) is 12.2 Å². The lowest BCUT2D eigenvalue weighted by Crippen LogP contribution is -2.45. The van der Waals surface area contributed by atoms with Gasteiger partial charge in [-0.3, -0.25) is 0 Å². The van der Waals surface area contributed by atoms with Gasteiger partial charge in [0.05, 0.1) is 6.10 Å². The Hall–Kier alpha value is -0.120. The highest BCUT2D eigenvalue weighted by atomic mass is 16.5. The van der Waals surface area contributed by atoms with Crippen LogP contribution in [-0.4, -0.2) is 31.8 Å². The van der Waals surface area contributed by atoms with Crippen molar-refractivity contribution in [3.8, 4) is 0 Å². The molecule has 0 bridgehead atoms. The molecule has 1 rings (SSSR count). The minimum Gasteiger partial charge on any atom is -0.381 e. The standard InChI is InChI=1S/C10H22N2O/c1-8(11)4-3-5-12-9-6-10(7-9)13-2/h8-10,12H,3-7,11H2,1-2H3. The van der Waals surface area contributed by atoms with Gasteiger partial charge in [0.1, 0.15) is 0 Å². The van der Waals surface area contributed by atoms with Crippen LogP contribution in [0.2, 0.25) is 0 Å². The van der Waals surface area contributed by atoms with Crippen LogP contribution < -0.4 is 11.1 Å². The second-order valence-electron chi connectivity index (χ2n) is 4.10. The molecule has 0 aromatic rings. The molecule has 3 N–H and O–H groups in total. The van der Waals surface area contributed by atoms with Crippen LogP contribution >= 0.6 is 0 Å². The van der Waals surface area contributed by atoms with E-state index >= 15 is 0 Å². The quantitative estimate of drug-likeness (QED) is 0.605. The molecule has 3 heteroatoms. The first-order chi connectivity index (χ1) is 6.22. The largest absolute Gasteiger partial charge is 0.381 e. The Morgan fingerprint density at radius 3 is 2.77 bits per heavy atom. The Labute approximate surface area is 81.0 Å². The summed E-state index contributed by atoms with van der Waals surface area (Å²) in [5, 5.41) is 3.50. The Bertz CT molecular complexity index is 133. The van der Waals surface area contributed by atoms with Crippen LogP contribution in [-0.2, 0) is 4.74 Å². The maximum absolute atomic E-state index is 5.65. The van der Waals surface area contributed by atoms with Gasteiger partial charge in [-0.25, -0.2) is 0 Å². The minimum atomic E-state index is 0.343. The fourth-order valence-corrected chi connectivity index (χ4v) is 1.65. The molecule has 0 aromatic heterocycles. The number of hydrogen-bond acceptors (Lipinski definition) is 3. The average molecular weight is 186 g/mol. The van der Waals surface area contributed by atoms with Crippen LogP contribution in [0.3, 0.4) is 0 Å². The molecule has 0 aliphatic heterocycles. The minimum absolute atomic E-state index is 0.343. The van der Waals surface area contributed by atoms with Crippen molar-refractivity contribution in [3.63, 3.8) is 0 Å². The van der Waals surface area contributed by atoms with Crippen molar-refractivity contribution in [1.82, 2.24) is 5.32 Å². The molecule has 1 unspecified atom stereocenters. The zero-order chi connectivity index (χ0) is 9.68. The Morgan fingerprint density at radius 1 is 1.54 bits per heavy atom. The first-order valence-corrected chi connectivity index (χ1v) is 5.24. The molecule has 1 saturated carbocycles. The van der Waals surface area contributed by atoms with E-state index in [1.54, 1.807) is 7.11 Å². The topological polar surface area (TPSA) is 47.3 Å². The Balaban J connectivity index is 1.85. The summed E-state index contributed by atoms with van der Waals surface area (Å²) in [6.45, 7) is 3.16. The van der Waals surface area contributed by atoms with Gasteiger partial charge in [0, 0.05) is 19.2 Å². The number of rotatable bonds is 6. The van der Waals surface area contributed by atoms with Crippen LogP contribution in [0.15, 0.2) is 0 Å². The first-order valence-electron chi connectivity index (χ1n) is 5.24. The van der Waals surface area contributed by atoms with E-state index < -0.39 is 0 Å². The van der Waals surface area contributed by atoms with Crippen molar-refractivity contribution in [2.24, 2.45) is 5.73 Å². The molecule has 0 saturated heterocycles. The van der Waals surface area contributed by atoms with Gasteiger partial charge in [0.2, 0.25) is 0 Å². The van der Waals surface area contributed by atoms with E-state index in [1.807, 2.05) is 0 Å². The van der Waals surface area contributed by atoms with Gasteiger partial charge < -0.3 is 15.8 Å². The molecule has 0 heterocycles. The fraction of sp³-hybridized carbons (Fsp3) is 1.00. The van der Waals surface area contributed by atoms with Crippen molar-refractivity contribution in [2.75, 3.05) is 13.7 Å². The number of hydrogen-bond donors (Lipinski definition) is 2. The lowest BCUT2D eigenvalue weighted by Gasteiger charge is -2.34. The summed E-state index contributed by atoms with van der Waals surface area (Å²) in [6, 6.07) is 1.04. The summed E-state index contributed by atoms with van der Waals surface area (Å²) in [5.41, 5.74) is 5.65. The van der Waals surface area contributed by atoms with Gasteiger partial charge in [0.25, 0.3) is 0 Å². The van der Waals surface area contributed by atoms with Crippen molar-refractivity contribution in [3.05, 3.63) is 0 Å². The predicted molar refractivity (Wildman–Crippen MR) is 54.7 cm³/mol. The molecular formula is C10H22N2O. The predicted octanol–water partition coefficient (Wildman–Crippen LogP) is 0.881. The van der Waals surface area contributed by atoms with Crippen molar-refractivity contribution in [2.45, 2.75) is 50.8 Å². The molecule has 3 nitrogen and oxygen atoms in total. The molecule has 1 fully saturated rings. The molecule has 0 aromatic carbocycles. The van der Waals surface area contributed by atoms with E-state index in [1.165, 1.54) is 19.3 Å². The van der Waals surface area contributed by atoms with E-state index in [0.29, 0.717) is 18.2 Å². The summed E-state index contributed by atoms with van der Waals surface area (Å²) >= 11 is 0. The highest BCUT2D eigenvalue weighted by Gasteiger charge is 2.27. The van der Waals surface area contributed by atoms with E-state index in [9.17, 15) is 0 Å². The molecule has 1 aliphatic rings. The third-order valence-electron chi connectivity index (χ3n) is 2.70. The van der Waals surface area contributed by atoms with Crippen molar-refractivity contribution >= 4 is 0 Å². The van der Waals surface area contributed by atoms with Gasteiger partial charge in [-0.1, -0.05) is 0 Å². The van der Waals surface area contributed by atoms with Gasteiger partial charge >= 0.3 is 0 Å². The highest BCUT2D eigenvalue weighted by Crippen LogP contribution is 2.22. The molecule has 0 radical (unpaired) electrons. The fourth-order valence-electron chi connectivity index (χ4n) is 1.65. The Morgan fingerprint density at radius 2 is 2.23 bits per heavy atom. The molecule has 0 amide bonds. The maximum atomic E-state index is 5.65. The summed E-state index contributed by atoms with van der Waals surface area (Å²) in [5.74, 6) is 0. The molecule has 1 aliphatic carbocycles. The zero-order valence-electron chi connectivity index (χ0n) is 8.75. The van der Waals surface area contributed by atoms with Crippen LogP contribution in [0.1, 0.15) is 32.6 Å². The lowest BCUT2D eigenvalue weighted by atomic mass is 9.89. The van der Waals surface area contributed by atoms with Crippen LogP contribution in [0, 0.1) is 0 Å². The highest BCUT2D eigenvalue weighted by molar-refractivity contribution is 4.85. The molecule has 0 spiro atoms. The van der Waals surface area contributed by atoms with Gasteiger partial charge in [-0.15, -0.1) is 0 Å². The summed E-state index contributed by atoms with van der Waals surface area (Å²) in [4.78, 5) is 0. The van der Waals surface area contributed by atoms with Gasteiger partial charge in [-0.2, -0.15) is 0 Å². The smallest absolute Gasteiger partial charge is 0.0601 e. The normalized spacial score (nSPS) is 29.8. The summed E-state index contributed by atoms with van der Waals surface area (Å²) in [7, 11) is 1.79. The van der Waals surface area contributed by atoms with E-state index in [4.69, 9.17) is 10.5 Å². The number of nitrogens with two attached hydrogens (primary N) is 1. The van der Waals surface area contributed by atoms with E-state index in [-0.39, 0.29) is 0 Å². The molecule has 78 valence electrons. The second-order valence-corrected chi connectivity index (χ2v) is 4.10. The number of ether oxygens (including phenoxy) is 1. The maximum Gasteiger partial charge on any atom is 0.0601 e.